The lowest BCUT2D eigenvalue weighted by atomic mass is 10.1. The van der Waals surface area contributed by atoms with Crippen molar-refractivity contribution in [3.05, 3.63) is 65.1 Å². The highest BCUT2D eigenvalue weighted by Crippen LogP contribution is 2.24. The molecular formula is C25H29ClN6O2. The molecule has 1 fully saturated rings. The number of aromatic nitrogens is 3. The van der Waals surface area contributed by atoms with E-state index >= 15 is 0 Å². The Kier molecular flexibility index (Phi) is 6.88. The van der Waals surface area contributed by atoms with Crippen LogP contribution in [0.5, 0.6) is 5.75 Å². The van der Waals surface area contributed by atoms with Gasteiger partial charge in [-0.25, -0.2) is 15.0 Å². The second-order valence-corrected chi connectivity index (χ2v) is 9.28. The lowest BCUT2D eigenvalue weighted by Crippen LogP contribution is -2.56. The second-order valence-electron chi connectivity index (χ2n) is 8.85. The predicted molar refractivity (Wildman–Crippen MR) is 134 cm³/mol. The topological polar surface area (TPSA) is 83.5 Å². The van der Waals surface area contributed by atoms with Gasteiger partial charge in [-0.1, -0.05) is 11.6 Å². The molecule has 4 rings (SSSR count). The van der Waals surface area contributed by atoms with Crippen LogP contribution in [-0.4, -0.2) is 57.5 Å². The Morgan fingerprint density at radius 3 is 2.38 bits per heavy atom. The number of hydrogen-bond acceptors (Lipinski definition) is 7. The summed E-state index contributed by atoms with van der Waals surface area (Å²) in [7, 11) is 0. The molecule has 3 aromatic rings. The summed E-state index contributed by atoms with van der Waals surface area (Å²) in [6.07, 6.45) is 1.76. The van der Waals surface area contributed by atoms with Gasteiger partial charge in [-0.05, 0) is 69.7 Å². The molecule has 1 aliphatic heterocycles. The van der Waals surface area contributed by atoms with Crippen LogP contribution in [0.15, 0.2) is 48.7 Å². The van der Waals surface area contributed by atoms with Gasteiger partial charge >= 0.3 is 0 Å². The first-order chi connectivity index (χ1) is 16.2. The predicted octanol–water partition coefficient (Wildman–Crippen LogP) is 4.39. The summed E-state index contributed by atoms with van der Waals surface area (Å²) >= 11 is 5.95. The Morgan fingerprint density at radius 1 is 1.00 bits per heavy atom. The molecule has 0 radical (unpaired) electrons. The molecule has 1 saturated heterocycles. The third kappa shape index (κ3) is 5.75. The minimum atomic E-state index is -0.987. The third-order valence-electron chi connectivity index (χ3n) is 5.59. The molecule has 34 heavy (non-hydrogen) atoms. The first-order valence-corrected chi connectivity index (χ1v) is 11.6. The number of pyridine rings is 1. The summed E-state index contributed by atoms with van der Waals surface area (Å²) in [6, 6.07) is 12.9. The van der Waals surface area contributed by atoms with E-state index in [2.05, 4.69) is 25.2 Å². The molecule has 0 unspecified atom stereocenters. The Bertz CT molecular complexity index is 1160. The summed E-state index contributed by atoms with van der Waals surface area (Å²) in [5.41, 5.74) is 0.131. The summed E-state index contributed by atoms with van der Waals surface area (Å²) in [6.45, 7) is 9.97. The highest BCUT2D eigenvalue weighted by atomic mass is 35.5. The summed E-state index contributed by atoms with van der Waals surface area (Å²) in [5, 5.41) is 3.89. The van der Waals surface area contributed by atoms with Gasteiger partial charge in [0.15, 0.2) is 5.60 Å². The Hall–Kier alpha value is -3.39. The minimum Gasteiger partial charge on any atom is -0.478 e. The molecule has 0 bridgehead atoms. The summed E-state index contributed by atoms with van der Waals surface area (Å²) < 4.78 is 5.98. The van der Waals surface area contributed by atoms with Crippen molar-refractivity contribution in [2.45, 2.75) is 33.3 Å². The zero-order valence-electron chi connectivity index (χ0n) is 19.9. The maximum Gasteiger partial charge on any atom is 0.266 e. The second kappa shape index (κ2) is 9.85. The highest BCUT2D eigenvalue weighted by Gasteiger charge is 2.36. The lowest BCUT2D eigenvalue weighted by molar-refractivity contribution is -0.145. The maximum atomic E-state index is 13.2. The molecule has 3 heterocycles. The van der Waals surface area contributed by atoms with Crippen molar-refractivity contribution in [1.82, 2.24) is 19.9 Å². The minimum absolute atomic E-state index is 0.0474. The normalized spacial score (nSPS) is 14.1. The van der Waals surface area contributed by atoms with E-state index in [0.717, 1.165) is 17.2 Å². The van der Waals surface area contributed by atoms with Gasteiger partial charge in [0.05, 0.1) is 0 Å². The maximum absolute atomic E-state index is 13.2. The number of nitrogens with zero attached hydrogens (tertiary/aromatic N) is 5. The van der Waals surface area contributed by atoms with Crippen LogP contribution in [-0.2, 0) is 4.79 Å². The molecule has 178 valence electrons. The fourth-order valence-electron chi connectivity index (χ4n) is 3.87. The summed E-state index contributed by atoms with van der Waals surface area (Å²) in [4.78, 5) is 30.7. The molecule has 1 amide bonds. The van der Waals surface area contributed by atoms with Crippen LogP contribution in [0, 0.1) is 13.8 Å². The molecule has 0 spiro atoms. The van der Waals surface area contributed by atoms with E-state index in [0.29, 0.717) is 48.6 Å². The number of nitrogens with one attached hydrogen (secondary N) is 1. The quantitative estimate of drug-likeness (QED) is 0.560. The Balaban J connectivity index is 1.39. The van der Waals surface area contributed by atoms with Gasteiger partial charge in [-0.15, -0.1) is 0 Å². The first kappa shape index (κ1) is 23.8. The number of piperazine rings is 1. The van der Waals surface area contributed by atoms with Gasteiger partial charge in [-0.3, -0.25) is 4.79 Å². The van der Waals surface area contributed by atoms with Crippen LogP contribution in [0.2, 0.25) is 5.02 Å². The van der Waals surface area contributed by atoms with Crippen LogP contribution in [0.3, 0.4) is 0 Å². The number of anilines is 3. The number of ether oxygens (including phenoxy) is 1. The monoisotopic (exact) mass is 480 g/mol. The number of aryl methyl sites for hydroxylation is 2. The van der Waals surface area contributed by atoms with Crippen molar-refractivity contribution < 1.29 is 9.53 Å². The molecule has 1 N–H and O–H groups in total. The van der Waals surface area contributed by atoms with Crippen LogP contribution in [0.1, 0.15) is 25.2 Å². The number of carbonyl (C=O) groups is 1. The van der Waals surface area contributed by atoms with Crippen LogP contribution in [0.4, 0.5) is 17.5 Å². The fraction of sp³-hybridized carbons (Fsp3) is 0.360. The number of halogens is 1. The SMILES string of the molecule is Cc1ccnc(Nc2cc(N3CCN(C(=O)C(C)(C)Oc4ccc(Cl)cc4)CC3)nc(C)n2)c1. The van der Waals surface area contributed by atoms with Gasteiger partial charge in [-0.2, -0.15) is 0 Å². The molecule has 8 nitrogen and oxygen atoms in total. The van der Waals surface area contributed by atoms with Crippen molar-refractivity contribution in [1.29, 1.82) is 0 Å². The zero-order chi connectivity index (χ0) is 24.3. The van der Waals surface area contributed by atoms with E-state index in [1.807, 2.05) is 36.9 Å². The average Bonchev–Trinajstić information content (AvgIpc) is 2.80. The molecule has 0 aliphatic carbocycles. The van der Waals surface area contributed by atoms with Gasteiger partial charge in [0.25, 0.3) is 5.91 Å². The van der Waals surface area contributed by atoms with Crippen molar-refractivity contribution in [3.63, 3.8) is 0 Å². The highest BCUT2D eigenvalue weighted by molar-refractivity contribution is 6.30. The third-order valence-corrected chi connectivity index (χ3v) is 5.84. The van der Waals surface area contributed by atoms with Crippen LogP contribution >= 0.6 is 11.6 Å². The number of amides is 1. The van der Waals surface area contributed by atoms with Gasteiger partial charge in [0, 0.05) is 43.5 Å². The summed E-state index contributed by atoms with van der Waals surface area (Å²) in [5.74, 6) is 3.49. The number of benzene rings is 1. The number of hydrogen-bond donors (Lipinski definition) is 1. The number of carbonyl (C=O) groups excluding carboxylic acids is 1. The van der Waals surface area contributed by atoms with Crippen LogP contribution < -0.4 is 15.0 Å². The van der Waals surface area contributed by atoms with E-state index in [-0.39, 0.29) is 5.91 Å². The first-order valence-electron chi connectivity index (χ1n) is 11.2. The van der Waals surface area contributed by atoms with E-state index in [1.54, 1.807) is 44.3 Å². The molecular weight excluding hydrogens is 452 g/mol. The Labute approximate surface area is 204 Å². The number of rotatable bonds is 6. The van der Waals surface area contributed by atoms with Crippen LogP contribution in [0.25, 0.3) is 0 Å². The van der Waals surface area contributed by atoms with Gasteiger partial charge < -0.3 is 19.9 Å². The van der Waals surface area contributed by atoms with E-state index in [9.17, 15) is 4.79 Å². The Morgan fingerprint density at radius 2 is 1.71 bits per heavy atom. The zero-order valence-corrected chi connectivity index (χ0v) is 20.6. The molecule has 9 heteroatoms. The fourth-order valence-corrected chi connectivity index (χ4v) is 4.00. The van der Waals surface area contributed by atoms with Gasteiger partial charge in [0.1, 0.15) is 29.0 Å². The smallest absolute Gasteiger partial charge is 0.266 e. The van der Waals surface area contributed by atoms with Crippen molar-refractivity contribution in [2.24, 2.45) is 0 Å². The molecule has 1 aromatic carbocycles. The van der Waals surface area contributed by atoms with Crippen molar-refractivity contribution in [3.8, 4) is 5.75 Å². The van der Waals surface area contributed by atoms with E-state index < -0.39 is 5.60 Å². The molecule has 0 saturated carbocycles. The largest absolute Gasteiger partial charge is 0.478 e. The van der Waals surface area contributed by atoms with E-state index in [1.165, 1.54) is 0 Å². The average molecular weight is 481 g/mol. The van der Waals surface area contributed by atoms with Crippen molar-refractivity contribution >= 4 is 35.0 Å². The van der Waals surface area contributed by atoms with Crippen molar-refractivity contribution in [2.75, 3.05) is 36.4 Å². The molecule has 2 aromatic heterocycles. The lowest BCUT2D eigenvalue weighted by Gasteiger charge is -2.39. The molecule has 0 atom stereocenters. The van der Waals surface area contributed by atoms with E-state index in [4.69, 9.17) is 16.3 Å². The standard InChI is InChI=1S/C25H29ClN6O2/c1-17-9-10-27-21(15-17)30-22-16-23(29-18(2)28-22)31-11-13-32(14-12-31)24(33)25(3,4)34-20-7-5-19(26)6-8-20/h5-10,15-16H,11-14H2,1-4H3,(H,27,28,29,30). The molecule has 1 aliphatic rings. The van der Waals surface area contributed by atoms with Gasteiger partial charge in [0.2, 0.25) is 0 Å².